The summed E-state index contributed by atoms with van der Waals surface area (Å²) in [6, 6.07) is 8.54. The molecule has 4 rings (SSSR count). The molecule has 0 spiro atoms. The zero-order chi connectivity index (χ0) is 18.1. The Labute approximate surface area is 154 Å². The molecule has 1 amide bonds. The zero-order valence-corrected chi connectivity index (χ0v) is 15.5. The Morgan fingerprint density at radius 3 is 2.85 bits per heavy atom. The van der Waals surface area contributed by atoms with Crippen LogP contribution < -0.4 is 5.32 Å². The molecule has 1 aromatic heterocycles. The van der Waals surface area contributed by atoms with Crippen molar-refractivity contribution in [2.24, 2.45) is 0 Å². The molecule has 2 aliphatic rings. The summed E-state index contributed by atoms with van der Waals surface area (Å²) in [5.74, 6) is 0.968. The number of aromatic nitrogens is 2. The van der Waals surface area contributed by atoms with E-state index in [0.29, 0.717) is 12.6 Å². The number of rotatable bonds is 3. The number of hydrogen-bond acceptors (Lipinski definition) is 4. The molecule has 1 saturated heterocycles. The quantitative estimate of drug-likeness (QED) is 0.925. The molecule has 1 N–H and O–H groups in total. The van der Waals surface area contributed by atoms with Crippen molar-refractivity contribution in [3.8, 4) is 0 Å². The lowest BCUT2D eigenvalue weighted by Crippen LogP contribution is -2.39. The first-order chi connectivity index (χ1) is 12.6. The second-order valence-corrected chi connectivity index (χ2v) is 7.49. The van der Waals surface area contributed by atoms with Crippen LogP contribution in [0.3, 0.4) is 0 Å². The van der Waals surface area contributed by atoms with Gasteiger partial charge >= 0.3 is 0 Å². The van der Waals surface area contributed by atoms with E-state index in [-0.39, 0.29) is 11.8 Å². The SMILES string of the molecule is Cc1ccc(C(C)C(=O)N2CCc3nc(C4CCCN4)ncc3C2)cc1. The molecule has 26 heavy (non-hydrogen) atoms. The number of nitrogens with zero attached hydrogens (tertiary/aromatic N) is 3. The molecular weight excluding hydrogens is 324 g/mol. The minimum absolute atomic E-state index is 0.125. The highest BCUT2D eigenvalue weighted by Crippen LogP contribution is 2.25. The molecule has 2 unspecified atom stereocenters. The van der Waals surface area contributed by atoms with E-state index < -0.39 is 0 Å². The average molecular weight is 350 g/mol. The van der Waals surface area contributed by atoms with Gasteiger partial charge in [0, 0.05) is 31.3 Å². The number of amides is 1. The number of hydrogen-bond donors (Lipinski definition) is 1. The first-order valence-corrected chi connectivity index (χ1v) is 9.55. The Hall–Kier alpha value is -2.27. The summed E-state index contributed by atoms with van der Waals surface area (Å²) < 4.78 is 0. The highest BCUT2D eigenvalue weighted by atomic mass is 16.2. The summed E-state index contributed by atoms with van der Waals surface area (Å²) in [4.78, 5) is 24.3. The molecule has 0 saturated carbocycles. The Bertz CT molecular complexity index is 796. The largest absolute Gasteiger partial charge is 0.337 e. The van der Waals surface area contributed by atoms with E-state index in [4.69, 9.17) is 4.98 Å². The van der Waals surface area contributed by atoms with E-state index in [1.807, 2.05) is 18.0 Å². The predicted molar refractivity (Wildman–Crippen MR) is 101 cm³/mol. The van der Waals surface area contributed by atoms with Gasteiger partial charge in [-0.2, -0.15) is 0 Å². The van der Waals surface area contributed by atoms with Gasteiger partial charge in [-0.05, 0) is 38.8 Å². The minimum atomic E-state index is -0.125. The number of nitrogens with one attached hydrogen (secondary N) is 1. The first kappa shape index (κ1) is 17.2. The molecule has 0 bridgehead atoms. The summed E-state index contributed by atoms with van der Waals surface area (Å²) in [5.41, 5.74) is 4.48. The van der Waals surface area contributed by atoms with Gasteiger partial charge in [0.1, 0.15) is 5.82 Å². The highest BCUT2D eigenvalue weighted by Gasteiger charge is 2.27. The van der Waals surface area contributed by atoms with Crippen LogP contribution in [0.15, 0.2) is 30.5 Å². The normalized spacial score (nSPS) is 20.7. The molecule has 5 nitrogen and oxygen atoms in total. The fourth-order valence-corrected chi connectivity index (χ4v) is 3.86. The number of fused-ring (bicyclic) bond motifs is 1. The van der Waals surface area contributed by atoms with Gasteiger partial charge in [-0.1, -0.05) is 29.8 Å². The van der Waals surface area contributed by atoms with Gasteiger partial charge in [0.2, 0.25) is 5.91 Å². The highest BCUT2D eigenvalue weighted by molar-refractivity contribution is 5.83. The van der Waals surface area contributed by atoms with E-state index in [9.17, 15) is 4.79 Å². The van der Waals surface area contributed by atoms with Gasteiger partial charge in [0.15, 0.2) is 0 Å². The Balaban J connectivity index is 1.47. The molecule has 0 radical (unpaired) electrons. The lowest BCUT2D eigenvalue weighted by molar-refractivity contribution is -0.133. The Kier molecular flexibility index (Phi) is 4.72. The van der Waals surface area contributed by atoms with Crippen LogP contribution in [0.4, 0.5) is 0 Å². The molecule has 2 atom stereocenters. The second-order valence-electron chi connectivity index (χ2n) is 7.49. The Morgan fingerprint density at radius 1 is 1.31 bits per heavy atom. The van der Waals surface area contributed by atoms with Crippen LogP contribution in [0.25, 0.3) is 0 Å². The molecule has 5 heteroatoms. The fourth-order valence-electron chi connectivity index (χ4n) is 3.86. The molecule has 0 aliphatic carbocycles. The van der Waals surface area contributed by atoms with Gasteiger partial charge in [0.05, 0.1) is 17.7 Å². The third-order valence-corrected chi connectivity index (χ3v) is 5.58. The van der Waals surface area contributed by atoms with E-state index in [2.05, 4.69) is 41.5 Å². The maximum Gasteiger partial charge on any atom is 0.230 e. The Morgan fingerprint density at radius 2 is 2.12 bits per heavy atom. The van der Waals surface area contributed by atoms with Crippen molar-refractivity contribution >= 4 is 5.91 Å². The lowest BCUT2D eigenvalue weighted by Gasteiger charge is -2.30. The van der Waals surface area contributed by atoms with Crippen molar-refractivity contribution in [1.29, 1.82) is 0 Å². The van der Waals surface area contributed by atoms with Crippen molar-refractivity contribution in [1.82, 2.24) is 20.2 Å². The predicted octanol–water partition coefficient (Wildman–Crippen LogP) is 2.90. The van der Waals surface area contributed by atoms with Gasteiger partial charge in [-0.3, -0.25) is 4.79 Å². The van der Waals surface area contributed by atoms with Crippen LogP contribution in [0, 0.1) is 6.92 Å². The summed E-state index contributed by atoms with van der Waals surface area (Å²) in [6.07, 6.45) is 5.03. The van der Waals surface area contributed by atoms with Crippen molar-refractivity contribution in [2.45, 2.75) is 51.6 Å². The average Bonchev–Trinajstić information content (AvgIpc) is 3.21. The smallest absolute Gasteiger partial charge is 0.230 e. The van der Waals surface area contributed by atoms with E-state index in [0.717, 1.165) is 48.6 Å². The van der Waals surface area contributed by atoms with Gasteiger partial charge in [0.25, 0.3) is 0 Å². The van der Waals surface area contributed by atoms with Crippen molar-refractivity contribution < 1.29 is 4.79 Å². The van der Waals surface area contributed by atoms with E-state index >= 15 is 0 Å². The second kappa shape index (κ2) is 7.16. The van der Waals surface area contributed by atoms with Gasteiger partial charge < -0.3 is 10.2 Å². The monoisotopic (exact) mass is 350 g/mol. The molecule has 2 aromatic rings. The van der Waals surface area contributed by atoms with Crippen molar-refractivity contribution in [3.63, 3.8) is 0 Å². The molecule has 2 aliphatic heterocycles. The summed E-state index contributed by atoms with van der Waals surface area (Å²) >= 11 is 0. The van der Waals surface area contributed by atoms with Gasteiger partial charge in [-0.15, -0.1) is 0 Å². The molecular formula is C21H26N4O. The van der Waals surface area contributed by atoms with Crippen LogP contribution in [0.1, 0.15) is 59.9 Å². The van der Waals surface area contributed by atoms with Crippen LogP contribution in [0.2, 0.25) is 0 Å². The van der Waals surface area contributed by atoms with E-state index in [1.54, 1.807) is 0 Å². The number of aryl methyl sites for hydroxylation is 1. The van der Waals surface area contributed by atoms with Gasteiger partial charge in [-0.25, -0.2) is 9.97 Å². The molecule has 136 valence electrons. The summed E-state index contributed by atoms with van der Waals surface area (Å²) in [7, 11) is 0. The number of carbonyl (C=O) groups is 1. The van der Waals surface area contributed by atoms with Crippen LogP contribution in [-0.2, 0) is 17.8 Å². The fraction of sp³-hybridized carbons (Fsp3) is 0.476. The first-order valence-electron chi connectivity index (χ1n) is 9.55. The molecule has 3 heterocycles. The standard InChI is InChI=1S/C21H26N4O/c1-14-5-7-16(8-6-14)15(2)21(26)25-11-9-18-17(13-25)12-23-20(24-18)19-4-3-10-22-19/h5-8,12,15,19,22H,3-4,9-11,13H2,1-2H3. The maximum absolute atomic E-state index is 12.9. The summed E-state index contributed by atoms with van der Waals surface area (Å²) in [6.45, 7) is 6.45. The van der Waals surface area contributed by atoms with Crippen LogP contribution >= 0.6 is 0 Å². The lowest BCUT2D eigenvalue weighted by atomic mass is 9.97. The third-order valence-electron chi connectivity index (χ3n) is 5.58. The molecule has 1 fully saturated rings. The van der Waals surface area contributed by atoms with Crippen molar-refractivity contribution in [3.05, 3.63) is 58.7 Å². The number of carbonyl (C=O) groups excluding carboxylic acids is 1. The zero-order valence-electron chi connectivity index (χ0n) is 15.5. The topological polar surface area (TPSA) is 58.1 Å². The molecule has 1 aromatic carbocycles. The van der Waals surface area contributed by atoms with E-state index in [1.165, 1.54) is 12.0 Å². The van der Waals surface area contributed by atoms with Crippen molar-refractivity contribution in [2.75, 3.05) is 13.1 Å². The summed E-state index contributed by atoms with van der Waals surface area (Å²) in [5, 5.41) is 3.45. The minimum Gasteiger partial charge on any atom is -0.337 e. The number of benzene rings is 1. The third kappa shape index (κ3) is 3.36. The van der Waals surface area contributed by atoms with Crippen LogP contribution in [-0.4, -0.2) is 33.9 Å². The van der Waals surface area contributed by atoms with Crippen LogP contribution in [0.5, 0.6) is 0 Å². The maximum atomic E-state index is 12.9.